The molecule has 0 aliphatic rings. The van der Waals surface area contributed by atoms with Crippen LogP contribution in [0.2, 0.25) is 0 Å². The molecule has 0 saturated heterocycles. The molecule has 90 valence electrons. The Bertz CT molecular complexity index is 457. The first kappa shape index (κ1) is 13.5. The van der Waals surface area contributed by atoms with Gasteiger partial charge in [-0.1, -0.05) is 12.1 Å². The first-order valence-corrected chi connectivity index (χ1v) is 7.54. The minimum atomic E-state index is -3.38. The molecule has 0 heterocycles. The van der Waals surface area contributed by atoms with Gasteiger partial charge in [0.2, 0.25) is 9.05 Å². The molecule has 0 aliphatic heterocycles. The Morgan fingerprint density at radius 2 is 2.00 bits per heavy atom. The summed E-state index contributed by atoms with van der Waals surface area (Å²) in [6, 6.07) is 4.94. The smallest absolute Gasteiger partial charge is 0.212 e. The normalized spacial score (nSPS) is 11.7. The number of unbranched alkanes of at least 4 members (excludes halogenated alkanes) is 1. The maximum absolute atomic E-state index is 12.9. The number of halogens is 2. The van der Waals surface area contributed by atoms with Crippen molar-refractivity contribution in [2.24, 2.45) is 0 Å². The summed E-state index contributed by atoms with van der Waals surface area (Å²) in [6.45, 7) is 1.71. The molecule has 0 aromatic heterocycles. The van der Waals surface area contributed by atoms with E-state index in [2.05, 4.69) is 0 Å². The van der Waals surface area contributed by atoms with E-state index >= 15 is 0 Å². The topological polar surface area (TPSA) is 34.1 Å². The summed E-state index contributed by atoms with van der Waals surface area (Å²) >= 11 is 0. The predicted octanol–water partition coefficient (Wildman–Crippen LogP) is 3.03. The van der Waals surface area contributed by atoms with E-state index in [0.717, 1.165) is 18.4 Å². The highest BCUT2D eigenvalue weighted by Gasteiger charge is 2.04. The van der Waals surface area contributed by atoms with E-state index in [1.54, 1.807) is 19.1 Å². The molecule has 0 radical (unpaired) electrons. The Labute approximate surface area is 99.9 Å². The van der Waals surface area contributed by atoms with Gasteiger partial charge in [0.15, 0.2) is 0 Å². The molecule has 1 rings (SSSR count). The van der Waals surface area contributed by atoms with Crippen molar-refractivity contribution in [3.63, 3.8) is 0 Å². The first-order valence-electron chi connectivity index (χ1n) is 5.06. The number of rotatable bonds is 5. The first-order chi connectivity index (χ1) is 7.38. The van der Waals surface area contributed by atoms with Crippen molar-refractivity contribution < 1.29 is 12.8 Å². The molecule has 0 aliphatic carbocycles. The van der Waals surface area contributed by atoms with E-state index in [4.69, 9.17) is 10.7 Å². The van der Waals surface area contributed by atoms with E-state index in [0.29, 0.717) is 12.0 Å². The summed E-state index contributed by atoms with van der Waals surface area (Å²) in [5.74, 6) is -0.221. The molecule has 1 aromatic carbocycles. The van der Waals surface area contributed by atoms with Crippen LogP contribution >= 0.6 is 10.7 Å². The molecule has 2 nitrogen and oxygen atoms in total. The number of hydrogen-bond donors (Lipinski definition) is 0. The molecule has 0 saturated carbocycles. The van der Waals surface area contributed by atoms with Gasteiger partial charge in [0.05, 0.1) is 5.75 Å². The van der Waals surface area contributed by atoms with Gasteiger partial charge in [-0.05, 0) is 43.4 Å². The second-order valence-corrected chi connectivity index (χ2v) is 6.68. The number of aryl methyl sites for hydroxylation is 2. The highest BCUT2D eigenvalue weighted by Crippen LogP contribution is 2.12. The summed E-state index contributed by atoms with van der Waals surface area (Å²) < 4.78 is 34.3. The van der Waals surface area contributed by atoms with Crippen LogP contribution in [0.3, 0.4) is 0 Å². The van der Waals surface area contributed by atoms with Crippen LogP contribution in [0.4, 0.5) is 4.39 Å². The Morgan fingerprint density at radius 1 is 1.31 bits per heavy atom. The van der Waals surface area contributed by atoms with Crippen LogP contribution in [0.1, 0.15) is 24.0 Å². The second-order valence-electron chi connectivity index (χ2n) is 3.78. The zero-order valence-electron chi connectivity index (χ0n) is 9.04. The quantitative estimate of drug-likeness (QED) is 0.605. The Balaban J connectivity index is 2.41. The van der Waals surface area contributed by atoms with Gasteiger partial charge in [0.1, 0.15) is 5.82 Å². The van der Waals surface area contributed by atoms with Gasteiger partial charge in [-0.25, -0.2) is 12.8 Å². The van der Waals surface area contributed by atoms with Crippen molar-refractivity contribution in [1.82, 2.24) is 0 Å². The molecule has 1 aromatic rings. The molecule has 0 N–H and O–H groups in total. The highest BCUT2D eigenvalue weighted by atomic mass is 35.7. The van der Waals surface area contributed by atoms with Gasteiger partial charge in [0.25, 0.3) is 0 Å². The lowest BCUT2D eigenvalue weighted by molar-refractivity contribution is 0.605. The molecule has 0 amide bonds. The van der Waals surface area contributed by atoms with Crippen LogP contribution in [0.25, 0.3) is 0 Å². The van der Waals surface area contributed by atoms with E-state index in [1.165, 1.54) is 6.07 Å². The monoisotopic (exact) mass is 264 g/mol. The minimum absolute atomic E-state index is 0.00523. The zero-order chi connectivity index (χ0) is 12.2. The molecular weight excluding hydrogens is 251 g/mol. The average Bonchev–Trinajstić information content (AvgIpc) is 2.17. The fourth-order valence-corrected chi connectivity index (χ4v) is 2.34. The Morgan fingerprint density at radius 3 is 2.56 bits per heavy atom. The van der Waals surface area contributed by atoms with Crippen LogP contribution in [-0.4, -0.2) is 14.2 Å². The van der Waals surface area contributed by atoms with Gasteiger partial charge in [-0.2, -0.15) is 0 Å². The molecule has 0 bridgehead atoms. The van der Waals surface area contributed by atoms with E-state index in [9.17, 15) is 12.8 Å². The molecule has 0 spiro atoms. The zero-order valence-corrected chi connectivity index (χ0v) is 10.6. The lowest BCUT2D eigenvalue weighted by Gasteiger charge is -2.03. The molecule has 0 fully saturated rings. The second kappa shape index (κ2) is 5.64. The number of benzene rings is 1. The summed E-state index contributed by atoms with van der Waals surface area (Å²) in [7, 11) is 1.70. The summed E-state index contributed by atoms with van der Waals surface area (Å²) in [5.41, 5.74) is 1.63. The molecule has 16 heavy (non-hydrogen) atoms. The predicted molar refractivity (Wildman–Crippen MR) is 63.7 cm³/mol. The van der Waals surface area contributed by atoms with Crippen molar-refractivity contribution in [2.45, 2.75) is 26.2 Å². The molecule has 0 unspecified atom stereocenters. The fourth-order valence-electron chi connectivity index (χ4n) is 1.47. The van der Waals surface area contributed by atoms with Crippen molar-refractivity contribution >= 4 is 19.7 Å². The lowest BCUT2D eigenvalue weighted by Crippen LogP contribution is -1.98. The standard InChI is InChI=1S/C11H14ClFO2S/c1-9-8-10(5-6-11(9)13)4-2-3-7-16(12,14)15/h5-6,8H,2-4,7H2,1H3. The van der Waals surface area contributed by atoms with Gasteiger partial charge in [0, 0.05) is 10.7 Å². The van der Waals surface area contributed by atoms with Crippen LogP contribution in [0, 0.1) is 12.7 Å². The Hall–Kier alpha value is -0.610. The van der Waals surface area contributed by atoms with Gasteiger partial charge in [-0.3, -0.25) is 0 Å². The summed E-state index contributed by atoms with van der Waals surface area (Å²) in [4.78, 5) is 0. The molecule has 5 heteroatoms. The van der Waals surface area contributed by atoms with Gasteiger partial charge >= 0.3 is 0 Å². The van der Waals surface area contributed by atoms with Crippen LogP contribution in [0.15, 0.2) is 18.2 Å². The third-order valence-corrected chi connectivity index (χ3v) is 3.57. The van der Waals surface area contributed by atoms with Crippen LogP contribution < -0.4 is 0 Å². The van der Waals surface area contributed by atoms with Crippen molar-refractivity contribution in [3.05, 3.63) is 35.1 Å². The molecule has 0 atom stereocenters. The third kappa shape index (κ3) is 4.94. The highest BCUT2D eigenvalue weighted by molar-refractivity contribution is 8.13. The third-order valence-electron chi connectivity index (χ3n) is 2.33. The lowest BCUT2D eigenvalue weighted by atomic mass is 10.1. The SMILES string of the molecule is Cc1cc(CCCCS(=O)(=O)Cl)ccc1F. The van der Waals surface area contributed by atoms with Crippen LogP contribution in [0.5, 0.6) is 0 Å². The van der Waals surface area contributed by atoms with Crippen LogP contribution in [-0.2, 0) is 15.5 Å². The molecular formula is C11H14ClFO2S. The fraction of sp³-hybridized carbons (Fsp3) is 0.455. The number of hydrogen-bond acceptors (Lipinski definition) is 2. The van der Waals surface area contributed by atoms with E-state index in [-0.39, 0.29) is 11.6 Å². The van der Waals surface area contributed by atoms with Crippen molar-refractivity contribution in [3.8, 4) is 0 Å². The van der Waals surface area contributed by atoms with Gasteiger partial charge in [-0.15, -0.1) is 0 Å². The van der Waals surface area contributed by atoms with E-state index < -0.39 is 9.05 Å². The average molecular weight is 265 g/mol. The van der Waals surface area contributed by atoms with Gasteiger partial charge < -0.3 is 0 Å². The summed E-state index contributed by atoms with van der Waals surface area (Å²) in [6.07, 6.45) is 2.01. The maximum Gasteiger partial charge on any atom is 0.232 e. The minimum Gasteiger partial charge on any atom is -0.212 e. The largest absolute Gasteiger partial charge is 0.232 e. The van der Waals surface area contributed by atoms with E-state index in [1.807, 2.05) is 0 Å². The van der Waals surface area contributed by atoms with Crippen molar-refractivity contribution in [2.75, 3.05) is 5.75 Å². The Kier molecular flexibility index (Phi) is 4.74. The van der Waals surface area contributed by atoms with Crippen molar-refractivity contribution in [1.29, 1.82) is 0 Å². The maximum atomic E-state index is 12.9. The summed E-state index contributed by atoms with van der Waals surface area (Å²) in [5, 5.41) is 0.